The molecule has 2 amide bonds. The van der Waals surface area contributed by atoms with E-state index in [-0.39, 0.29) is 12.1 Å². The maximum absolute atomic E-state index is 13.5. The van der Waals surface area contributed by atoms with Crippen LogP contribution in [0.5, 0.6) is 0 Å². The Kier molecular flexibility index (Phi) is 6.27. The molecule has 1 atom stereocenters. The first-order valence-electron chi connectivity index (χ1n) is 13.4. The van der Waals surface area contributed by atoms with E-state index in [9.17, 15) is 4.79 Å². The number of nitrogens with zero attached hydrogens (tertiary/aromatic N) is 7. The number of hydrogen-bond acceptors (Lipinski definition) is 6. The Morgan fingerprint density at radius 2 is 1.79 bits per heavy atom. The maximum atomic E-state index is 13.5. The average Bonchev–Trinajstić information content (AvgIpc) is 3.51. The van der Waals surface area contributed by atoms with Crippen molar-refractivity contribution in [3.8, 4) is 22.5 Å². The van der Waals surface area contributed by atoms with Crippen molar-refractivity contribution in [2.45, 2.75) is 46.1 Å². The molecule has 38 heavy (non-hydrogen) atoms. The second-order valence-corrected chi connectivity index (χ2v) is 10.0. The minimum absolute atomic E-state index is 0.00869. The summed E-state index contributed by atoms with van der Waals surface area (Å²) in [4.78, 5) is 20.5. The van der Waals surface area contributed by atoms with Gasteiger partial charge in [-0.25, -0.2) is 14.8 Å². The molecule has 1 aliphatic carbocycles. The lowest BCUT2D eigenvalue weighted by molar-refractivity contribution is 0.0533. The van der Waals surface area contributed by atoms with Gasteiger partial charge in [0.05, 0.1) is 6.04 Å². The molecule has 0 radical (unpaired) electrons. The van der Waals surface area contributed by atoms with Crippen molar-refractivity contribution in [3.05, 3.63) is 77.8 Å². The molecule has 9 nitrogen and oxygen atoms in total. The summed E-state index contributed by atoms with van der Waals surface area (Å²) < 4.78 is 0. The number of urea groups is 1. The normalized spacial score (nSPS) is 18.6. The van der Waals surface area contributed by atoms with Crippen LogP contribution in [0.1, 0.15) is 39.2 Å². The summed E-state index contributed by atoms with van der Waals surface area (Å²) in [5.41, 5.74) is 6.51. The first kappa shape index (κ1) is 24.1. The molecule has 1 N–H and O–H groups in total. The molecule has 3 aliphatic rings. The molecule has 3 heterocycles. The van der Waals surface area contributed by atoms with Gasteiger partial charge in [-0.3, -0.25) is 5.01 Å². The van der Waals surface area contributed by atoms with Gasteiger partial charge < -0.3 is 4.90 Å². The second kappa shape index (κ2) is 9.89. The van der Waals surface area contributed by atoms with Crippen LogP contribution >= 0.6 is 0 Å². The van der Waals surface area contributed by atoms with Crippen LogP contribution in [0.3, 0.4) is 0 Å². The molecular formula is C29H32N8O. The molecule has 6 rings (SSSR count). The van der Waals surface area contributed by atoms with E-state index < -0.39 is 0 Å². The number of aromatic amines is 1. The lowest BCUT2D eigenvalue weighted by Crippen LogP contribution is -2.54. The highest BCUT2D eigenvalue weighted by Crippen LogP contribution is 2.41. The van der Waals surface area contributed by atoms with Crippen molar-refractivity contribution in [2.24, 2.45) is 10.9 Å². The van der Waals surface area contributed by atoms with Gasteiger partial charge in [-0.05, 0) is 73.1 Å². The molecule has 1 aromatic heterocycles. The van der Waals surface area contributed by atoms with Crippen molar-refractivity contribution in [1.82, 2.24) is 35.5 Å². The van der Waals surface area contributed by atoms with Gasteiger partial charge in [-0.2, -0.15) is 5.21 Å². The first-order valence-corrected chi connectivity index (χ1v) is 13.4. The molecule has 2 aliphatic heterocycles. The lowest BCUT2D eigenvalue weighted by atomic mass is 9.95. The van der Waals surface area contributed by atoms with Gasteiger partial charge in [0.25, 0.3) is 0 Å². The van der Waals surface area contributed by atoms with E-state index in [1.54, 1.807) is 5.01 Å². The number of carbonyl (C=O) groups excluding carboxylic acids is 1. The van der Waals surface area contributed by atoms with Gasteiger partial charge in [0.15, 0.2) is 0 Å². The topological polar surface area (TPSA) is 93.6 Å². The predicted octanol–water partition coefficient (Wildman–Crippen LogP) is 5.05. The molecule has 0 saturated heterocycles. The number of nitrogens with one attached hydrogen (secondary N) is 1. The van der Waals surface area contributed by atoms with E-state index in [2.05, 4.69) is 62.0 Å². The largest absolute Gasteiger partial charge is 0.343 e. The summed E-state index contributed by atoms with van der Waals surface area (Å²) >= 11 is 0. The number of aromatic nitrogens is 4. The fourth-order valence-electron chi connectivity index (χ4n) is 5.37. The number of tetrazole rings is 1. The van der Waals surface area contributed by atoms with Crippen molar-refractivity contribution in [3.63, 3.8) is 0 Å². The molecule has 9 heteroatoms. The first-order chi connectivity index (χ1) is 18.6. The number of benzene rings is 2. The monoisotopic (exact) mass is 508 g/mol. The predicted molar refractivity (Wildman–Crippen MR) is 147 cm³/mol. The third-order valence-corrected chi connectivity index (χ3v) is 7.46. The molecule has 0 spiro atoms. The van der Waals surface area contributed by atoms with Gasteiger partial charge in [0.2, 0.25) is 5.82 Å². The molecule has 194 valence electrons. The minimum atomic E-state index is -0.00869. The molecule has 0 bridgehead atoms. The van der Waals surface area contributed by atoms with Crippen molar-refractivity contribution >= 4 is 11.7 Å². The Hall–Kier alpha value is -4.27. The van der Waals surface area contributed by atoms with E-state index in [0.717, 1.165) is 34.5 Å². The van der Waals surface area contributed by atoms with Gasteiger partial charge in [-0.15, -0.1) is 10.2 Å². The fraction of sp³-hybridized carbons (Fsp3) is 0.345. The number of H-pyrrole nitrogens is 1. The van der Waals surface area contributed by atoms with Crippen LogP contribution in [0.2, 0.25) is 0 Å². The van der Waals surface area contributed by atoms with Crippen LogP contribution in [0, 0.1) is 5.92 Å². The number of hydrazine groups is 1. The molecule has 2 aromatic carbocycles. The quantitative estimate of drug-likeness (QED) is 0.482. The summed E-state index contributed by atoms with van der Waals surface area (Å²) in [6.07, 6.45) is 7.14. The highest BCUT2D eigenvalue weighted by atomic mass is 16.2. The number of aliphatic imine (C=N–C) groups is 1. The van der Waals surface area contributed by atoms with Crippen LogP contribution in [0.4, 0.5) is 4.79 Å². The number of fused-ring (bicyclic) bond motifs is 1. The number of amides is 2. The number of carbonyl (C=O) groups is 1. The van der Waals surface area contributed by atoms with E-state index in [4.69, 9.17) is 4.99 Å². The summed E-state index contributed by atoms with van der Waals surface area (Å²) in [6.45, 7) is 7.39. The van der Waals surface area contributed by atoms with Gasteiger partial charge in [0.1, 0.15) is 5.82 Å². The van der Waals surface area contributed by atoms with Crippen LogP contribution in [0.25, 0.3) is 22.5 Å². The summed E-state index contributed by atoms with van der Waals surface area (Å²) in [6, 6.07) is 16.7. The Morgan fingerprint density at radius 1 is 1.05 bits per heavy atom. The average molecular weight is 509 g/mol. The SMILES string of the molecule is CCN(CC)C(=O)N1C=C(C)C=C2N=C(C3CC3)C(Cc3ccc(-c4ccccc4-c4nn[nH]n4)cc3)N21. The minimum Gasteiger partial charge on any atom is -0.323 e. The van der Waals surface area contributed by atoms with Crippen LogP contribution < -0.4 is 0 Å². The van der Waals surface area contributed by atoms with Crippen molar-refractivity contribution in [2.75, 3.05) is 13.1 Å². The number of rotatable bonds is 7. The molecule has 1 saturated carbocycles. The summed E-state index contributed by atoms with van der Waals surface area (Å²) in [5, 5.41) is 18.5. The molecular weight excluding hydrogens is 476 g/mol. The van der Waals surface area contributed by atoms with Crippen molar-refractivity contribution < 1.29 is 4.79 Å². The zero-order chi connectivity index (χ0) is 26.2. The molecule has 3 aromatic rings. The third-order valence-electron chi connectivity index (χ3n) is 7.46. The lowest BCUT2D eigenvalue weighted by Gasteiger charge is -2.40. The smallest absolute Gasteiger partial charge is 0.323 e. The Morgan fingerprint density at radius 3 is 2.45 bits per heavy atom. The van der Waals surface area contributed by atoms with Gasteiger partial charge in [0, 0.05) is 37.0 Å². The Bertz CT molecular complexity index is 1420. The Balaban J connectivity index is 1.30. The second-order valence-electron chi connectivity index (χ2n) is 10.0. The summed E-state index contributed by atoms with van der Waals surface area (Å²) in [5.74, 6) is 1.94. The maximum Gasteiger partial charge on any atom is 0.343 e. The van der Waals surface area contributed by atoms with Gasteiger partial charge >= 0.3 is 6.03 Å². The van der Waals surface area contributed by atoms with Crippen molar-refractivity contribution in [1.29, 1.82) is 0 Å². The zero-order valence-electron chi connectivity index (χ0n) is 22.0. The summed E-state index contributed by atoms with van der Waals surface area (Å²) in [7, 11) is 0. The van der Waals surface area contributed by atoms with Crippen LogP contribution in [0.15, 0.2) is 77.2 Å². The highest BCUT2D eigenvalue weighted by molar-refractivity contribution is 5.97. The van der Waals surface area contributed by atoms with E-state index >= 15 is 0 Å². The highest BCUT2D eigenvalue weighted by Gasteiger charge is 2.45. The third kappa shape index (κ3) is 4.38. The number of allylic oxidation sites excluding steroid dienone is 2. The van der Waals surface area contributed by atoms with Gasteiger partial charge in [-0.1, -0.05) is 48.5 Å². The molecule has 1 fully saturated rings. The van der Waals surface area contributed by atoms with Crippen LogP contribution in [-0.2, 0) is 6.42 Å². The zero-order valence-corrected chi connectivity index (χ0v) is 22.0. The fourth-order valence-corrected chi connectivity index (χ4v) is 5.37. The van der Waals surface area contributed by atoms with E-state index in [0.29, 0.717) is 24.8 Å². The van der Waals surface area contributed by atoms with Crippen LogP contribution in [-0.4, -0.2) is 66.4 Å². The Labute approximate surface area is 222 Å². The standard InChI is InChI=1S/C29H32N8O/c1-4-35(5-2)29(38)36-18-19(3)16-26-30-27(22-14-15-22)25(37(26)36)17-20-10-12-21(13-11-20)23-8-6-7-9-24(23)28-31-33-34-32-28/h6-13,16,18,22,25H,4-5,14-15,17H2,1-3H3,(H,31,32,33,34). The molecule has 1 unspecified atom stereocenters. The van der Waals surface area contributed by atoms with E-state index in [1.165, 1.54) is 24.1 Å². The number of hydrogen-bond donors (Lipinski definition) is 1. The van der Waals surface area contributed by atoms with E-state index in [1.807, 2.05) is 50.1 Å².